The lowest BCUT2D eigenvalue weighted by Gasteiger charge is -2.17. The Hall–Kier alpha value is -5.24. The molecule has 0 aliphatic carbocycles. The zero-order chi connectivity index (χ0) is 30.4. The number of para-hydroxylation sites is 1. The Labute approximate surface area is 262 Å². The van der Waals surface area contributed by atoms with Gasteiger partial charge in [0.05, 0.1) is 27.4 Å². The maximum absolute atomic E-state index is 13.3. The summed E-state index contributed by atoms with van der Waals surface area (Å²) in [4.78, 5) is 37.1. The molecule has 0 saturated carbocycles. The second-order valence-corrected chi connectivity index (χ2v) is 11.0. The molecule has 7 rings (SSSR count). The van der Waals surface area contributed by atoms with Crippen LogP contribution in [-0.4, -0.2) is 21.8 Å². The van der Waals surface area contributed by atoms with Crippen molar-refractivity contribution in [3.05, 3.63) is 136 Å². The van der Waals surface area contributed by atoms with E-state index in [1.807, 2.05) is 72.8 Å². The highest BCUT2D eigenvalue weighted by Gasteiger charge is 2.38. The molecule has 1 aromatic heterocycles. The molecule has 0 fully saturated rings. The third kappa shape index (κ3) is 4.92. The van der Waals surface area contributed by atoms with Crippen molar-refractivity contribution < 1.29 is 14.3 Å². The number of imide groups is 1. The van der Waals surface area contributed by atoms with E-state index in [0.29, 0.717) is 50.0 Å². The standard InChI is InChI=1S/C35H22Cl2N4O3/c1-20-28(36)10-6-12-31(20)41-34(42)24-18-17-23(19-27(24)35(41)43)44-22-15-13-21(14-16-22)38-33-26-8-3-5-11-30(26)39-32(40-33)25-7-2-4-9-29(25)37/h2-19H,1H3,(H,38,39,40). The number of ether oxygens (including phenoxy) is 1. The zero-order valence-electron chi connectivity index (χ0n) is 23.2. The number of carbonyl (C=O) groups is 2. The number of amides is 2. The molecule has 1 N–H and O–H groups in total. The molecule has 6 aromatic rings. The number of nitrogens with zero attached hydrogens (tertiary/aromatic N) is 3. The predicted octanol–water partition coefficient (Wildman–Crippen LogP) is 9.25. The highest BCUT2D eigenvalue weighted by Crippen LogP contribution is 2.36. The Bertz CT molecular complexity index is 2120. The molecule has 5 aromatic carbocycles. The second-order valence-electron chi connectivity index (χ2n) is 10.2. The van der Waals surface area contributed by atoms with Gasteiger partial charge in [0.25, 0.3) is 11.8 Å². The summed E-state index contributed by atoms with van der Waals surface area (Å²) >= 11 is 12.7. The van der Waals surface area contributed by atoms with Crippen molar-refractivity contribution in [3.63, 3.8) is 0 Å². The van der Waals surface area contributed by atoms with Gasteiger partial charge in [-0.15, -0.1) is 0 Å². The topological polar surface area (TPSA) is 84.4 Å². The number of benzene rings is 5. The minimum absolute atomic E-state index is 0.273. The van der Waals surface area contributed by atoms with Gasteiger partial charge >= 0.3 is 0 Å². The summed E-state index contributed by atoms with van der Waals surface area (Å²) in [7, 11) is 0. The minimum Gasteiger partial charge on any atom is -0.457 e. The van der Waals surface area contributed by atoms with Gasteiger partial charge in [0.15, 0.2) is 5.82 Å². The van der Waals surface area contributed by atoms with Crippen molar-refractivity contribution in [2.45, 2.75) is 6.92 Å². The largest absolute Gasteiger partial charge is 0.457 e. The van der Waals surface area contributed by atoms with E-state index >= 15 is 0 Å². The van der Waals surface area contributed by atoms with E-state index in [0.717, 1.165) is 27.1 Å². The maximum atomic E-state index is 13.3. The van der Waals surface area contributed by atoms with Crippen molar-refractivity contribution in [1.82, 2.24) is 9.97 Å². The lowest BCUT2D eigenvalue weighted by molar-refractivity contribution is 0.0926. The quantitative estimate of drug-likeness (QED) is 0.188. The van der Waals surface area contributed by atoms with Gasteiger partial charge in [0.2, 0.25) is 0 Å². The van der Waals surface area contributed by atoms with E-state index in [-0.39, 0.29) is 5.56 Å². The number of aromatic nitrogens is 2. The summed E-state index contributed by atoms with van der Waals surface area (Å²) in [5.41, 5.74) is 4.02. The molecule has 2 heterocycles. The van der Waals surface area contributed by atoms with Crippen LogP contribution < -0.4 is 15.0 Å². The molecule has 2 amide bonds. The first kappa shape index (κ1) is 27.6. The van der Waals surface area contributed by atoms with Crippen LogP contribution in [0.4, 0.5) is 17.2 Å². The van der Waals surface area contributed by atoms with Gasteiger partial charge in [-0.2, -0.15) is 0 Å². The van der Waals surface area contributed by atoms with Crippen LogP contribution in [0, 0.1) is 6.92 Å². The predicted molar refractivity (Wildman–Crippen MR) is 174 cm³/mol. The summed E-state index contributed by atoms with van der Waals surface area (Å²) in [5.74, 6) is 1.33. The summed E-state index contributed by atoms with van der Waals surface area (Å²) < 4.78 is 6.07. The van der Waals surface area contributed by atoms with E-state index < -0.39 is 11.8 Å². The van der Waals surface area contributed by atoms with Gasteiger partial charge in [0, 0.05) is 21.7 Å². The first-order valence-corrected chi connectivity index (χ1v) is 14.5. The Kier molecular flexibility index (Phi) is 6.97. The van der Waals surface area contributed by atoms with Crippen LogP contribution in [0.25, 0.3) is 22.3 Å². The maximum Gasteiger partial charge on any atom is 0.266 e. The van der Waals surface area contributed by atoms with Gasteiger partial charge in [-0.3, -0.25) is 9.59 Å². The molecule has 9 heteroatoms. The second kappa shape index (κ2) is 11.1. The van der Waals surface area contributed by atoms with Crippen molar-refractivity contribution >= 4 is 63.1 Å². The van der Waals surface area contributed by atoms with Crippen LogP contribution in [-0.2, 0) is 0 Å². The fraction of sp³-hybridized carbons (Fsp3) is 0.0286. The summed E-state index contributed by atoms with van der Waals surface area (Å²) in [6.45, 7) is 1.78. The SMILES string of the molecule is Cc1c(Cl)cccc1N1C(=O)c2ccc(Oc3ccc(Nc4nc(-c5ccccc5Cl)nc5ccccc45)cc3)cc2C1=O. The molecule has 0 unspecified atom stereocenters. The number of nitrogens with one attached hydrogen (secondary N) is 1. The molecule has 214 valence electrons. The smallest absolute Gasteiger partial charge is 0.266 e. The van der Waals surface area contributed by atoms with E-state index in [4.69, 9.17) is 37.9 Å². The molecular weight excluding hydrogens is 595 g/mol. The van der Waals surface area contributed by atoms with E-state index in [9.17, 15) is 9.59 Å². The first-order valence-electron chi connectivity index (χ1n) is 13.7. The molecule has 7 nitrogen and oxygen atoms in total. The number of anilines is 3. The third-order valence-electron chi connectivity index (χ3n) is 7.41. The molecular formula is C35H22Cl2N4O3. The lowest BCUT2D eigenvalue weighted by atomic mass is 10.1. The molecule has 44 heavy (non-hydrogen) atoms. The van der Waals surface area contributed by atoms with Crippen LogP contribution in [0.1, 0.15) is 26.3 Å². The summed E-state index contributed by atoms with van der Waals surface area (Å²) in [6.07, 6.45) is 0. The molecule has 0 radical (unpaired) electrons. The monoisotopic (exact) mass is 616 g/mol. The number of halogens is 2. The third-order valence-corrected chi connectivity index (χ3v) is 8.15. The van der Waals surface area contributed by atoms with Gasteiger partial charge in [-0.05, 0) is 91.3 Å². The highest BCUT2D eigenvalue weighted by molar-refractivity contribution is 6.36. The Balaban J connectivity index is 1.13. The van der Waals surface area contributed by atoms with Crippen LogP contribution in [0.3, 0.4) is 0 Å². The minimum atomic E-state index is -0.423. The number of carbonyl (C=O) groups excluding carboxylic acids is 2. The Morgan fingerprint density at radius 1 is 0.682 bits per heavy atom. The number of hydrogen-bond donors (Lipinski definition) is 1. The van der Waals surface area contributed by atoms with Gasteiger partial charge in [-0.1, -0.05) is 53.5 Å². The van der Waals surface area contributed by atoms with Crippen LogP contribution in [0.15, 0.2) is 109 Å². The normalized spacial score (nSPS) is 12.5. The Morgan fingerprint density at radius 2 is 1.39 bits per heavy atom. The van der Waals surface area contributed by atoms with Crippen molar-refractivity contribution in [1.29, 1.82) is 0 Å². The van der Waals surface area contributed by atoms with Crippen LogP contribution in [0.5, 0.6) is 11.5 Å². The van der Waals surface area contributed by atoms with Crippen molar-refractivity contribution in [2.75, 3.05) is 10.2 Å². The van der Waals surface area contributed by atoms with Crippen LogP contribution >= 0.6 is 23.2 Å². The Morgan fingerprint density at radius 3 is 2.20 bits per heavy atom. The molecule has 0 saturated heterocycles. The fourth-order valence-corrected chi connectivity index (χ4v) is 5.54. The number of hydrogen-bond acceptors (Lipinski definition) is 6. The summed E-state index contributed by atoms with van der Waals surface area (Å²) in [5, 5.41) is 5.31. The fourth-order valence-electron chi connectivity index (χ4n) is 5.15. The molecule has 1 aliphatic rings. The van der Waals surface area contributed by atoms with Gasteiger partial charge < -0.3 is 10.1 Å². The first-order chi connectivity index (χ1) is 21.4. The number of fused-ring (bicyclic) bond motifs is 2. The molecule has 0 spiro atoms. The van der Waals surface area contributed by atoms with Gasteiger partial charge in [0.1, 0.15) is 17.3 Å². The highest BCUT2D eigenvalue weighted by atomic mass is 35.5. The summed E-state index contributed by atoms with van der Waals surface area (Å²) in [6, 6.07) is 32.6. The van der Waals surface area contributed by atoms with E-state index in [1.54, 1.807) is 43.3 Å². The van der Waals surface area contributed by atoms with Crippen molar-refractivity contribution in [3.8, 4) is 22.9 Å². The molecule has 0 bridgehead atoms. The average Bonchev–Trinajstić information content (AvgIpc) is 3.28. The van der Waals surface area contributed by atoms with E-state index in [2.05, 4.69) is 5.32 Å². The molecule has 0 atom stereocenters. The van der Waals surface area contributed by atoms with E-state index in [1.165, 1.54) is 0 Å². The number of rotatable bonds is 6. The van der Waals surface area contributed by atoms with Crippen molar-refractivity contribution in [2.24, 2.45) is 0 Å². The molecule has 1 aliphatic heterocycles. The van der Waals surface area contributed by atoms with Gasteiger partial charge in [-0.25, -0.2) is 14.9 Å². The lowest BCUT2D eigenvalue weighted by Crippen LogP contribution is -2.30. The average molecular weight is 617 g/mol. The zero-order valence-corrected chi connectivity index (χ0v) is 24.7. The van der Waals surface area contributed by atoms with Crippen LogP contribution in [0.2, 0.25) is 10.0 Å².